The van der Waals surface area contributed by atoms with E-state index in [1.165, 1.54) is 17.5 Å². The summed E-state index contributed by atoms with van der Waals surface area (Å²) in [5, 5.41) is 13.8. The lowest BCUT2D eigenvalue weighted by molar-refractivity contribution is 0.288. The third kappa shape index (κ3) is 4.15. The van der Waals surface area contributed by atoms with E-state index in [2.05, 4.69) is 37.4 Å². The van der Waals surface area contributed by atoms with Crippen molar-refractivity contribution in [2.75, 3.05) is 20.3 Å². The van der Waals surface area contributed by atoms with Gasteiger partial charge in [0.1, 0.15) is 5.75 Å². The van der Waals surface area contributed by atoms with Crippen LogP contribution in [0.3, 0.4) is 0 Å². The molecule has 1 aromatic carbocycles. The monoisotopic (exact) mass is 309 g/mol. The maximum absolute atomic E-state index is 9.12. The zero-order chi connectivity index (χ0) is 15.2. The van der Waals surface area contributed by atoms with E-state index in [0.29, 0.717) is 16.5 Å². The molecule has 21 heavy (non-hydrogen) atoms. The van der Waals surface area contributed by atoms with Gasteiger partial charge in [-0.1, -0.05) is 19.9 Å². The molecule has 0 radical (unpaired) electrons. The Hall–Kier alpha value is -0.710. The van der Waals surface area contributed by atoms with E-state index in [4.69, 9.17) is 9.84 Å². The third-order valence-corrected chi connectivity index (χ3v) is 5.68. The summed E-state index contributed by atoms with van der Waals surface area (Å²) in [4.78, 5) is 0. The summed E-state index contributed by atoms with van der Waals surface area (Å²) in [6, 6.07) is 6.83. The number of ether oxygens (including phenoxy) is 1. The van der Waals surface area contributed by atoms with Crippen LogP contribution < -0.4 is 10.1 Å². The number of methoxy groups -OCH3 is 1. The van der Waals surface area contributed by atoms with Crippen molar-refractivity contribution in [3.63, 3.8) is 0 Å². The van der Waals surface area contributed by atoms with Gasteiger partial charge in [0.25, 0.3) is 0 Å². The Morgan fingerprint density at radius 1 is 1.48 bits per heavy atom. The zero-order valence-electron chi connectivity index (χ0n) is 13.3. The summed E-state index contributed by atoms with van der Waals surface area (Å²) < 4.78 is 5.39. The van der Waals surface area contributed by atoms with Gasteiger partial charge in [0, 0.05) is 23.1 Å². The van der Waals surface area contributed by atoms with Crippen molar-refractivity contribution in [3.8, 4) is 5.75 Å². The number of hydrogen-bond acceptors (Lipinski definition) is 4. The molecule has 0 fully saturated rings. The highest BCUT2D eigenvalue weighted by molar-refractivity contribution is 8.00. The first-order valence-electron chi connectivity index (χ1n) is 7.86. The summed E-state index contributed by atoms with van der Waals surface area (Å²) in [7, 11) is 1.72. The Kier molecular flexibility index (Phi) is 6.40. The third-order valence-electron chi connectivity index (χ3n) is 4.12. The normalized spacial score (nSPS) is 22.7. The molecular formula is C17H27NO2S. The molecule has 0 heterocycles. The molecule has 3 unspecified atom stereocenters. The van der Waals surface area contributed by atoms with Crippen LogP contribution in [0.2, 0.25) is 0 Å². The van der Waals surface area contributed by atoms with Crippen LogP contribution in [0, 0.1) is 0 Å². The lowest BCUT2D eigenvalue weighted by Crippen LogP contribution is -2.35. The highest BCUT2D eigenvalue weighted by atomic mass is 32.2. The SMILES string of the molecule is CCNC1c2cc(OC)ccc2CCC1SC(C)CCO. The quantitative estimate of drug-likeness (QED) is 0.812. The van der Waals surface area contributed by atoms with E-state index in [1.54, 1.807) is 7.11 Å². The van der Waals surface area contributed by atoms with Crippen molar-refractivity contribution in [1.29, 1.82) is 0 Å². The number of thioether (sulfide) groups is 1. The summed E-state index contributed by atoms with van der Waals surface area (Å²) in [5.74, 6) is 0.936. The fourth-order valence-electron chi connectivity index (χ4n) is 3.04. The van der Waals surface area contributed by atoms with Crippen LogP contribution in [-0.2, 0) is 6.42 Å². The first kappa shape index (κ1) is 16.7. The van der Waals surface area contributed by atoms with Crippen LogP contribution in [0.25, 0.3) is 0 Å². The Labute approximate surface area is 132 Å². The highest BCUT2D eigenvalue weighted by Crippen LogP contribution is 2.40. The fraction of sp³-hybridized carbons (Fsp3) is 0.647. The summed E-state index contributed by atoms with van der Waals surface area (Å²) in [6.07, 6.45) is 3.19. The molecule has 1 aliphatic carbocycles. The highest BCUT2D eigenvalue weighted by Gasteiger charge is 2.30. The van der Waals surface area contributed by atoms with Gasteiger partial charge in [-0.2, -0.15) is 11.8 Å². The van der Waals surface area contributed by atoms with Crippen LogP contribution in [0.15, 0.2) is 18.2 Å². The van der Waals surface area contributed by atoms with Gasteiger partial charge in [-0.25, -0.2) is 0 Å². The summed E-state index contributed by atoms with van der Waals surface area (Å²) >= 11 is 2.01. The van der Waals surface area contributed by atoms with Gasteiger partial charge in [0.2, 0.25) is 0 Å². The Morgan fingerprint density at radius 3 is 2.95 bits per heavy atom. The molecule has 0 aromatic heterocycles. The van der Waals surface area contributed by atoms with Gasteiger partial charge in [-0.05, 0) is 49.1 Å². The van der Waals surface area contributed by atoms with Crippen LogP contribution in [0.4, 0.5) is 0 Å². The molecule has 3 nitrogen and oxygen atoms in total. The molecule has 0 saturated heterocycles. The minimum Gasteiger partial charge on any atom is -0.497 e. The van der Waals surface area contributed by atoms with Gasteiger partial charge >= 0.3 is 0 Å². The van der Waals surface area contributed by atoms with E-state index in [9.17, 15) is 0 Å². The van der Waals surface area contributed by atoms with Crippen LogP contribution in [0.1, 0.15) is 43.9 Å². The van der Waals surface area contributed by atoms with Gasteiger partial charge in [-0.3, -0.25) is 0 Å². The van der Waals surface area contributed by atoms with Crippen LogP contribution in [0.5, 0.6) is 5.75 Å². The first-order chi connectivity index (χ1) is 10.2. The predicted octanol–water partition coefficient (Wildman–Crippen LogP) is 3.16. The maximum atomic E-state index is 9.12. The lowest BCUT2D eigenvalue weighted by Gasteiger charge is -2.35. The topological polar surface area (TPSA) is 41.5 Å². The Bertz CT molecular complexity index is 452. The van der Waals surface area contributed by atoms with E-state index in [-0.39, 0.29) is 6.61 Å². The van der Waals surface area contributed by atoms with E-state index >= 15 is 0 Å². The molecule has 0 bridgehead atoms. The summed E-state index contributed by atoms with van der Waals surface area (Å²) in [5.41, 5.74) is 2.82. The Morgan fingerprint density at radius 2 is 2.29 bits per heavy atom. The van der Waals surface area contributed by atoms with Gasteiger partial charge in [0.05, 0.1) is 7.11 Å². The standard InChI is InChI=1S/C17H27NO2S/c1-4-18-17-15-11-14(20-3)7-5-13(15)6-8-16(17)21-12(2)9-10-19/h5,7,11-12,16-19H,4,6,8-10H2,1-3H3. The Balaban J connectivity index is 2.20. The van der Waals surface area contributed by atoms with Crippen molar-refractivity contribution in [2.24, 2.45) is 0 Å². The van der Waals surface area contributed by atoms with Crippen LogP contribution >= 0.6 is 11.8 Å². The average Bonchev–Trinajstić information content (AvgIpc) is 2.49. The molecule has 0 spiro atoms. The zero-order valence-corrected chi connectivity index (χ0v) is 14.1. The molecule has 118 valence electrons. The number of aryl methyl sites for hydroxylation is 1. The lowest BCUT2D eigenvalue weighted by atomic mass is 9.87. The van der Waals surface area contributed by atoms with Crippen molar-refractivity contribution in [3.05, 3.63) is 29.3 Å². The van der Waals surface area contributed by atoms with Gasteiger partial charge < -0.3 is 15.2 Å². The largest absolute Gasteiger partial charge is 0.497 e. The molecule has 2 N–H and O–H groups in total. The molecule has 1 aromatic rings. The van der Waals surface area contributed by atoms with Crippen molar-refractivity contribution < 1.29 is 9.84 Å². The maximum Gasteiger partial charge on any atom is 0.119 e. The van der Waals surface area contributed by atoms with Crippen molar-refractivity contribution >= 4 is 11.8 Å². The smallest absolute Gasteiger partial charge is 0.119 e. The summed E-state index contributed by atoms with van der Waals surface area (Å²) in [6.45, 7) is 5.61. The number of aliphatic hydroxyl groups excluding tert-OH is 1. The molecule has 3 atom stereocenters. The molecule has 0 amide bonds. The number of fused-ring (bicyclic) bond motifs is 1. The van der Waals surface area contributed by atoms with E-state index < -0.39 is 0 Å². The first-order valence-corrected chi connectivity index (χ1v) is 8.80. The molecule has 0 saturated carbocycles. The minimum atomic E-state index is 0.275. The molecular weight excluding hydrogens is 282 g/mol. The fourth-order valence-corrected chi connectivity index (χ4v) is 4.53. The number of rotatable bonds is 7. The molecule has 1 aliphatic rings. The van der Waals surface area contributed by atoms with Gasteiger partial charge in [-0.15, -0.1) is 0 Å². The average molecular weight is 309 g/mol. The van der Waals surface area contributed by atoms with Crippen molar-refractivity contribution in [1.82, 2.24) is 5.32 Å². The molecule has 2 rings (SSSR count). The second-order valence-electron chi connectivity index (χ2n) is 5.64. The second-order valence-corrected chi connectivity index (χ2v) is 7.32. The van der Waals surface area contributed by atoms with Gasteiger partial charge in [0.15, 0.2) is 0 Å². The molecule has 0 aliphatic heterocycles. The number of hydrogen-bond donors (Lipinski definition) is 2. The van der Waals surface area contributed by atoms with E-state index in [0.717, 1.165) is 25.1 Å². The number of aliphatic hydroxyl groups is 1. The second kappa shape index (κ2) is 8.06. The number of nitrogens with one attached hydrogen (secondary N) is 1. The predicted molar refractivity (Wildman–Crippen MR) is 90.3 cm³/mol. The van der Waals surface area contributed by atoms with E-state index in [1.807, 2.05) is 11.8 Å². The molecule has 4 heteroatoms. The number of benzene rings is 1. The van der Waals surface area contributed by atoms with Crippen LogP contribution in [-0.4, -0.2) is 35.9 Å². The van der Waals surface area contributed by atoms with Crippen molar-refractivity contribution in [2.45, 2.75) is 49.7 Å². The minimum absolute atomic E-state index is 0.275.